The highest BCUT2D eigenvalue weighted by Gasteiger charge is 2.12. The Labute approximate surface area is 131 Å². The van der Waals surface area contributed by atoms with Gasteiger partial charge in [0.1, 0.15) is 0 Å². The number of hydrogen-bond donors (Lipinski definition) is 1. The van der Waals surface area contributed by atoms with Crippen LogP contribution in [0.15, 0.2) is 53.4 Å². The number of nitro benzene ring substituents is 1. The molecule has 6 nitrogen and oxygen atoms in total. The van der Waals surface area contributed by atoms with E-state index in [0.717, 1.165) is 0 Å². The minimum Gasteiger partial charge on any atom is -0.478 e. The van der Waals surface area contributed by atoms with E-state index in [1.54, 1.807) is 43.4 Å². The summed E-state index contributed by atoms with van der Waals surface area (Å²) >= 11 is 1.37. The Hall–Kier alpha value is -2.54. The molecule has 0 atom stereocenters. The minimum absolute atomic E-state index is 0.0280. The van der Waals surface area contributed by atoms with Crippen molar-refractivity contribution in [3.8, 4) is 0 Å². The molecule has 0 amide bonds. The summed E-state index contributed by atoms with van der Waals surface area (Å²) in [6.07, 6.45) is 0. The Kier molecular flexibility index (Phi) is 5.00. The number of carboxylic acids is 1. The number of nitro groups is 1. The van der Waals surface area contributed by atoms with E-state index in [1.807, 2.05) is 4.90 Å². The Bertz CT molecular complexity index is 705. The van der Waals surface area contributed by atoms with Gasteiger partial charge in [-0.15, -0.1) is 11.8 Å². The van der Waals surface area contributed by atoms with Crippen molar-refractivity contribution in [1.29, 1.82) is 0 Å². The lowest BCUT2D eigenvalue weighted by atomic mass is 10.2. The molecule has 0 aromatic heterocycles. The average molecular weight is 318 g/mol. The van der Waals surface area contributed by atoms with Crippen LogP contribution in [0, 0.1) is 10.1 Å². The number of rotatable bonds is 6. The van der Waals surface area contributed by atoms with Crippen LogP contribution < -0.4 is 4.90 Å². The molecule has 22 heavy (non-hydrogen) atoms. The molecule has 0 fully saturated rings. The molecule has 2 rings (SSSR count). The van der Waals surface area contributed by atoms with Gasteiger partial charge < -0.3 is 10.0 Å². The second-order valence-electron chi connectivity index (χ2n) is 4.55. The number of benzene rings is 2. The molecule has 0 unspecified atom stereocenters. The summed E-state index contributed by atoms with van der Waals surface area (Å²) in [6, 6.07) is 13.1. The zero-order valence-electron chi connectivity index (χ0n) is 11.8. The number of aromatic carboxylic acids is 1. The summed E-state index contributed by atoms with van der Waals surface area (Å²) in [6.45, 7) is 0. The molecule has 0 aliphatic carbocycles. The maximum atomic E-state index is 11.2. The van der Waals surface area contributed by atoms with Crippen molar-refractivity contribution in [1.82, 2.24) is 0 Å². The summed E-state index contributed by atoms with van der Waals surface area (Å²) < 4.78 is 0. The summed E-state index contributed by atoms with van der Waals surface area (Å²) in [5.74, 6) is -0.494. The highest BCUT2D eigenvalue weighted by atomic mass is 32.2. The average Bonchev–Trinajstić information content (AvgIpc) is 2.52. The largest absolute Gasteiger partial charge is 0.478 e. The molecular formula is C15H14N2O4S. The Balaban J connectivity index is 2.10. The predicted molar refractivity (Wildman–Crippen MR) is 85.6 cm³/mol. The van der Waals surface area contributed by atoms with Crippen molar-refractivity contribution in [3.63, 3.8) is 0 Å². The maximum absolute atomic E-state index is 11.2. The topological polar surface area (TPSA) is 83.7 Å². The van der Waals surface area contributed by atoms with Crippen LogP contribution >= 0.6 is 11.8 Å². The lowest BCUT2D eigenvalue weighted by Gasteiger charge is -2.19. The van der Waals surface area contributed by atoms with Crippen LogP contribution in [0.2, 0.25) is 0 Å². The minimum atomic E-state index is -0.971. The van der Waals surface area contributed by atoms with Gasteiger partial charge in [0.05, 0.1) is 16.4 Å². The first kappa shape index (κ1) is 15.8. The fourth-order valence-corrected chi connectivity index (χ4v) is 2.82. The van der Waals surface area contributed by atoms with Gasteiger partial charge in [0, 0.05) is 29.8 Å². The van der Waals surface area contributed by atoms with Crippen LogP contribution in [-0.2, 0) is 0 Å². The van der Waals surface area contributed by atoms with E-state index < -0.39 is 10.9 Å². The normalized spacial score (nSPS) is 10.2. The summed E-state index contributed by atoms with van der Waals surface area (Å²) in [4.78, 5) is 24.0. The molecule has 1 N–H and O–H groups in total. The summed E-state index contributed by atoms with van der Waals surface area (Å²) in [5, 5.41) is 19.9. The molecular weight excluding hydrogens is 304 g/mol. The third-order valence-electron chi connectivity index (χ3n) is 3.01. The van der Waals surface area contributed by atoms with Crippen molar-refractivity contribution in [2.24, 2.45) is 0 Å². The Morgan fingerprint density at radius 1 is 1.27 bits per heavy atom. The third kappa shape index (κ3) is 3.76. The van der Waals surface area contributed by atoms with Crippen molar-refractivity contribution < 1.29 is 14.8 Å². The summed E-state index contributed by atoms with van der Waals surface area (Å²) in [7, 11) is 1.80. The molecule has 0 saturated carbocycles. The number of hydrogen-bond acceptors (Lipinski definition) is 5. The highest BCUT2D eigenvalue weighted by Crippen LogP contribution is 2.26. The molecule has 2 aromatic rings. The van der Waals surface area contributed by atoms with Crippen LogP contribution in [0.4, 0.5) is 11.4 Å². The first-order valence-electron chi connectivity index (χ1n) is 6.40. The zero-order chi connectivity index (χ0) is 16.1. The highest BCUT2D eigenvalue weighted by molar-refractivity contribution is 7.99. The second-order valence-corrected chi connectivity index (χ2v) is 5.54. The number of anilines is 1. The molecule has 0 heterocycles. The van der Waals surface area contributed by atoms with E-state index in [1.165, 1.54) is 23.9 Å². The van der Waals surface area contributed by atoms with Gasteiger partial charge in [-0.05, 0) is 18.2 Å². The van der Waals surface area contributed by atoms with Crippen LogP contribution in [0.5, 0.6) is 0 Å². The van der Waals surface area contributed by atoms with Crippen molar-refractivity contribution in [3.05, 3.63) is 64.2 Å². The molecule has 2 aromatic carbocycles. The van der Waals surface area contributed by atoms with Gasteiger partial charge in [0.2, 0.25) is 0 Å². The maximum Gasteiger partial charge on any atom is 0.336 e. The Morgan fingerprint density at radius 2 is 2.00 bits per heavy atom. The van der Waals surface area contributed by atoms with E-state index in [9.17, 15) is 14.9 Å². The molecule has 7 heteroatoms. The van der Waals surface area contributed by atoms with Gasteiger partial charge in [-0.2, -0.15) is 0 Å². The molecule has 0 bridgehead atoms. The van der Waals surface area contributed by atoms with E-state index in [4.69, 9.17) is 5.11 Å². The van der Waals surface area contributed by atoms with Crippen molar-refractivity contribution in [2.45, 2.75) is 4.90 Å². The van der Waals surface area contributed by atoms with Crippen molar-refractivity contribution in [2.75, 3.05) is 17.8 Å². The van der Waals surface area contributed by atoms with Gasteiger partial charge in [0.15, 0.2) is 0 Å². The van der Waals surface area contributed by atoms with E-state index >= 15 is 0 Å². The van der Waals surface area contributed by atoms with Gasteiger partial charge in [-0.25, -0.2) is 4.79 Å². The van der Waals surface area contributed by atoms with E-state index in [-0.39, 0.29) is 11.3 Å². The molecule has 0 aliphatic heterocycles. The fraction of sp³-hybridized carbons (Fsp3) is 0.133. The van der Waals surface area contributed by atoms with Crippen LogP contribution in [0.25, 0.3) is 0 Å². The quantitative estimate of drug-likeness (QED) is 0.380. The molecule has 0 radical (unpaired) electrons. The predicted octanol–water partition coefficient (Wildman–Crippen LogP) is 3.48. The fourth-order valence-electron chi connectivity index (χ4n) is 1.85. The monoisotopic (exact) mass is 318 g/mol. The van der Waals surface area contributed by atoms with Crippen LogP contribution in [-0.4, -0.2) is 28.9 Å². The molecule has 0 spiro atoms. The third-order valence-corrected chi connectivity index (χ3v) is 4.20. The van der Waals surface area contributed by atoms with Gasteiger partial charge in [0.25, 0.3) is 5.69 Å². The van der Waals surface area contributed by atoms with Gasteiger partial charge in [-0.1, -0.05) is 18.2 Å². The molecule has 0 aliphatic rings. The first-order valence-corrected chi connectivity index (χ1v) is 7.38. The number of nitrogens with zero attached hydrogens (tertiary/aromatic N) is 2. The number of carbonyl (C=O) groups is 1. The Morgan fingerprint density at radius 3 is 2.68 bits per heavy atom. The number of non-ortho nitro benzene ring substituents is 1. The van der Waals surface area contributed by atoms with E-state index in [0.29, 0.717) is 16.5 Å². The lowest BCUT2D eigenvalue weighted by Crippen LogP contribution is -2.16. The SMILES string of the molecule is CN(CSc1ccccc1C(=O)O)c1cccc([N+](=O)[O-])c1. The van der Waals surface area contributed by atoms with E-state index in [2.05, 4.69) is 0 Å². The van der Waals surface area contributed by atoms with Gasteiger partial charge >= 0.3 is 5.97 Å². The lowest BCUT2D eigenvalue weighted by molar-refractivity contribution is -0.384. The summed E-state index contributed by atoms with van der Waals surface area (Å²) in [5.41, 5.74) is 0.981. The van der Waals surface area contributed by atoms with Crippen LogP contribution in [0.1, 0.15) is 10.4 Å². The van der Waals surface area contributed by atoms with Crippen molar-refractivity contribution >= 4 is 29.1 Å². The number of thioether (sulfide) groups is 1. The number of carboxylic acid groups (broad SMARTS) is 1. The van der Waals surface area contributed by atoms with Crippen LogP contribution in [0.3, 0.4) is 0 Å². The molecule has 0 saturated heterocycles. The first-order chi connectivity index (χ1) is 10.5. The second kappa shape index (κ2) is 6.95. The standard InChI is InChI=1S/C15H14N2O4S/c1-16(11-5-4-6-12(9-11)17(20)21)10-22-14-8-3-2-7-13(14)15(18)19/h2-9H,10H2,1H3,(H,18,19). The zero-order valence-corrected chi connectivity index (χ0v) is 12.6. The smallest absolute Gasteiger partial charge is 0.336 e. The van der Waals surface area contributed by atoms with Gasteiger partial charge in [-0.3, -0.25) is 10.1 Å². The molecule has 114 valence electrons.